The predicted octanol–water partition coefficient (Wildman–Crippen LogP) is 1.91. The van der Waals surface area contributed by atoms with Crippen LogP contribution in [0.1, 0.15) is 5.56 Å². The minimum absolute atomic E-state index is 0.214. The van der Waals surface area contributed by atoms with Gasteiger partial charge in [-0.15, -0.1) is 0 Å². The molecule has 0 heterocycles. The van der Waals surface area contributed by atoms with E-state index < -0.39 is 0 Å². The fourth-order valence-electron chi connectivity index (χ4n) is 1.42. The highest BCUT2D eigenvalue weighted by Crippen LogP contribution is 2.14. The molecule has 3 nitrogen and oxygen atoms in total. The van der Waals surface area contributed by atoms with E-state index in [1.54, 1.807) is 7.11 Å². The van der Waals surface area contributed by atoms with Gasteiger partial charge >= 0.3 is 0 Å². The molecular formula is C12H18BrFN2O. The Bertz CT molecular complexity index is 316. The lowest BCUT2D eigenvalue weighted by molar-refractivity contribution is 0.199. The normalized spacial score (nSPS) is 10.8. The van der Waals surface area contributed by atoms with Crippen LogP contribution in [0.25, 0.3) is 0 Å². The molecule has 0 aliphatic rings. The Morgan fingerprint density at radius 3 is 2.65 bits per heavy atom. The lowest BCUT2D eigenvalue weighted by atomic mass is 10.2. The summed E-state index contributed by atoms with van der Waals surface area (Å²) in [5.74, 6) is -0.214. The summed E-state index contributed by atoms with van der Waals surface area (Å²) in [4.78, 5) is 0. The van der Waals surface area contributed by atoms with E-state index in [1.807, 2.05) is 6.07 Å². The van der Waals surface area contributed by atoms with Gasteiger partial charge in [-0.3, -0.25) is 0 Å². The number of hydrogen-bond acceptors (Lipinski definition) is 3. The quantitative estimate of drug-likeness (QED) is 0.720. The SMILES string of the molecule is COCCNCCNCc1cc(F)cc(Br)c1. The van der Waals surface area contributed by atoms with Crippen molar-refractivity contribution in [2.45, 2.75) is 6.54 Å². The van der Waals surface area contributed by atoms with Crippen molar-refractivity contribution in [1.82, 2.24) is 10.6 Å². The average Bonchev–Trinajstić information content (AvgIpc) is 2.26. The van der Waals surface area contributed by atoms with Gasteiger partial charge in [-0.05, 0) is 23.8 Å². The lowest BCUT2D eigenvalue weighted by Gasteiger charge is -2.07. The first-order valence-electron chi connectivity index (χ1n) is 5.57. The van der Waals surface area contributed by atoms with Gasteiger partial charge < -0.3 is 15.4 Å². The maximum Gasteiger partial charge on any atom is 0.124 e. The van der Waals surface area contributed by atoms with Gasteiger partial charge in [0.05, 0.1) is 6.61 Å². The highest BCUT2D eigenvalue weighted by molar-refractivity contribution is 9.10. The van der Waals surface area contributed by atoms with Crippen LogP contribution in [-0.4, -0.2) is 33.4 Å². The van der Waals surface area contributed by atoms with Crippen LogP contribution in [0.15, 0.2) is 22.7 Å². The van der Waals surface area contributed by atoms with Crippen molar-refractivity contribution in [2.24, 2.45) is 0 Å². The van der Waals surface area contributed by atoms with Gasteiger partial charge in [0.15, 0.2) is 0 Å². The smallest absolute Gasteiger partial charge is 0.124 e. The summed E-state index contributed by atoms with van der Waals surface area (Å²) in [7, 11) is 1.68. The molecule has 1 aromatic carbocycles. The zero-order valence-corrected chi connectivity index (χ0v) is 11.5. The average molecular weight is 305 g/mol. The van der Waals surface area contributed by atoms with Crippen molar-refractivity contribution >= 4 is 15.9 Å². The maximum atomic E-state index is 13.1. The first-order valence-corrected chi connectivity index (χ1v) is 6.37. The summed E-state index contributed by atoms with van der Waals surface area (Å²) in [6, 6.07) is 4.90. The maximum absolute atomic E-state index is 13.1. The molecule has 2 N–H and O–H groups in total. The van der Waals surface area contributed by atoms with Crippen molar-refractivity contribution < 1.29 is 9.13 Å². The molecule has 1 rings (SSSR count). The van der Waals surface area contributed by atoms with E-state index in [9.17, 15) is 4.39 Å². The summed E-state index contributed by atoms with van der Waals surface area (Å²) < 4.78 is 18.7. The number of nitrogens with one attached hydrogen (secondary N) is 2. The van der Waals surface area contributed by atoms with Crippen molar-refractivity contribution in [3.8, 4) is 0 Å². The minimum Gasteiger partial charge on any atom is -0.383 e. The number of ether oxygens (including phenoxy) is 1. The van der Waals surface area contributed by atoms with Crippen LogP contribution in [0.2, 0.25) is 0 Å². The summed E-state index contributed by atoms with van der Waals surface area (Å²) >= 11 is 3.27. The molecule has 0 radical (unpaired) electrons. The van der Waals surface area contributed by atoms with E-state index in [1.165, 1.54) is 12.1 Å². The second-order valence-electron chi connectivity index (χ2n) is 3.70. The van der Waals surface area contributed by atoms with E-state index >= 15 is 0 Å². The molecule has 5 heteroatoms. The summed E-state index contributed by atoms with van der Waals surface area (Å²) in [6.07, 6.45) is 0. The third kappa shape index (κ3) is 6.73. The van der Waals surface area contributed by atoms with Crippen molar-refractivity contribution in [3.05, 3.63) is 34.1 Å². The Balaban J connectivity index is 2.13. The number of rotatable bonds is 8. The molecule has 0 saturated carbocycles. The molecule has 0 amide bonds. The summed E-state index contributed by atoms with van der Waals surface area (Å²) in [5.41, 5.74) is 0.939. The first kappa shape index (κ1) is 14.6. The van der Waals surface area contributed by atoms with Crippen LogP contribution >= 0.6 is 15.9 Å². The Hall–Kier alpha value is -0.490. The largest absolute Gasteiger partial charge is 0.383 e. The van der Waals surface area contributed by atoms with Gasteiger partial charge in [0.25, 0.3) is 0 Å². The van der Waals surface area contributed by atoms with Crippen LogP contribution in [-0.2, 0) is 11.3 Å². The molecule has 0 saturated heterocycles. The van der Waals surface area contributed by atoms with E-state index in [0.29, 0.717) is 6.54 Å². The number of hydrogen-bond donors (Lipinski definition) is 2. The molecule has 0 fully saturated rings. The highest BCUT2D eigenvalue weighted by atomic mass is 79.9. The summed E-state index contributed by atoms with van der Waals surface area (Å²) in [6.45, 7) is 3.96. The third-order valence-corrected chi connectivity index (χ3v) is 2.67. The third-order valence-electron chi connectivity index (χ3n) is 2.21. The molecule has 0 atom stereocenters. The molecule has 17 heavy (non-hydrogen) atoms. The van der Waals surface area contributed by atoms with Crippen molar-refractivity contribution in [1.29, 1.82) is 0 Å². The van der Waals surface area contributed by atoms with Crippen LogP contribution in [0, 0.1) is 5.82 Å². The molecule has 0 bridgehead atoms. The number of methoxy groups -OCH3 is 1. The lowest BCUT2D eigenvalue weighted by Crippen LogP contribution is -2.29. The standard InChI is InChI=1S/C12H18BrFN2O/c1-17-5-4-15-2-3-16-9-10-6-11(13)8-12(14)7-10/h6-8,15-16H,2-5,9H2,1H3. The van der Waals surface area contributed by atoms with E-state index in [0.717, 1.165) is 36.3 Å². The molecule has 96 valence electrons. The topological polar surface area (TPSA) is 33.3 Å². The van der Waals surface area contributed by atoms with Crippen LogP contribution in [0.5, 0.6) is 0 Å². The van der Waals surface area contributed by atoms with E-state index in [-0.39, 0.29) is 5.82 Å². The molecule has 0 spiro atoms. The Kier molecular flexibility index (Phi) is 7.35. The zero-order chi connectivity index (χ0) is 12.5. The van der Waals surface area contributed by atoms with E-state index in [2.05, 4.69) is 26.6 Å². The Labute approximate surface area is 110 Å². The van der Waals surface area contributed by atoms with Gasteiger partial charge in [0, 0.05) is 37.8 Å². The van der Waals surface area contributed by atoms with Crippen molar-refractivity contribution in [2.75, 3.05) is 33.4 Å². The predicted molar refractivity (Wildman–Crippen MR) is 70.6 cm³/mol. The van der Waals surface area contributed by atoms with Crippen LogP contribution in [0.4, 0.5) is 4.39 Å². The molecule has 0 unspecified atom stereocenters. The number of halogens is 2. The molecule has 0 aromatic heterocycles. The monoisotopic (exact) mass is 304 g/mol. The minimum atomic E-state index is -0.214. The summed E-state index contributed by atoms with van der Waals surface area (Å²) in [5, 5.41) is 6.47. The van der Waals surface area contributed by atoms with Crippen LogP contribution < -0.4 is 10.6 Å². The molecule has 0 aliphatic heterocycles. The van der Waals surface area contributed by atoms with Gasteiger partial charge in [0.1, 0.15) is 5.82 Å². The Morgan fingerprint density at radius 1 is 1.18 bits per heavy atom. The van der Waals surface area contributed by atoms with Crippen molar-refractivity contribution in [3.63, 3.8) is 0 Å². The second kappa shape index (κ2) is 8.58. The van der Waals surface area contributed by atoms with Gasteiger partial charge in [-0.2, -0.15) is 0 Å². The zero-order valence-electron chi connectivity index (χ0n) is 9.93. The fourth-order valence-corrected chi connectivity index (χ4v) is 1.93. The van der Waals surface area contributed by atoms with Gasteiger partial charge in [-0.25, -0.2) is 4.39 Å². The van der Waals surface area contributed by atoms with Gasteiger partial charge in [-0.1, -0.05) is 15.9 Å². The first-order chi connectivity index (χ1) is 8.22. The van der Waals surface area contributed by atoms with Gasteiger partial charge in [0.2, 0.25) is 0 Å². The van der Waals surface area contributed by atoms with Crippen LogP contribution in [0.3, 0.4) is 0 Å². The fraction of sp³-hybridized carbons (Fsp3) is 0.500. The molecular weight excluding hydrogens is 287 g/mol. The highest BCUT2D eigenvalue weighted by Gasteiger charge is 1.98. The molecule has 0 aliphatic carbocycles. The second-order valence-corrected chi connectivity index (χ2v) is 4.61. The Morgan fingerprint density at radius 2 is 1.94 bits per heavy atom. The number of benzene rings is 1. The van der Waals surface area contributed by atoms with E-state index in [4.69, 9.17) is 4.74 Å². The molecule has 1 aromatic rings.